The van der Waals surface area contributed by atoms with Gasteiger partial charge in [0.05, 0.1) is 23.8 Å². The van der Waals surface area contributed by atoms with E-state index >= 15 is 0 Å². The molecule has 0 amide bonds. The standard InChI is InChI=1S/C24H20F3N5O/c1-12-9-17(23-28-11-19-18(31-23)4-5-20(30-19)24(25,26)27)13(2)8-16(12)15-6-7-32-21(22(15)33)14(3)10-29-32/h4-5,8-11,15H,6-7H2,1-3H3. The van der Waals surface area contributed by atoms with Crippen molar-refractivity contribution in [3.05, 3.63) is 70.3 Å². The van der Waals surface area contributed by atoms with Crippen molar-refractivity contribution in [2.24, 2.45) is 0 Å². The van der Waals surface area contributed by atoms with E-state index in [4.69, 9.17) is 0 Å². The van der Waals surface area contributed by atoms with Gasteiger partial charge in [0.25, 0.3) is 0 Å². The van der Waals surface area contributed by atoms with Crippen LogP contribution in [0.4, 0.5) is 13.2 Å². The van der Waals surface area contributed by atoms with Crippen molar-refractivity contribution >= 4 is 16.8 Å². The van der Waals surface area contributed by atoms with Crippen molar-refractivity contribution in [3.63, 3.8) is 0 Å². The summed E-state index contributed by atoms with van der Waals surface area (Å²) in [7, 11) is 0. The summed E-state index contributed by atoms with van der Waals surface area (Å²) in [5, 5.41) is 4.28. The van der Waals surface area contributed by atoms with Crippen molar-refractivity contribution < 1.29 is 18.0 Å². The third-order valence-corrected chi connectivity index (χ3v) is 6.16. The Kier molecular flexibility index (Phi) is 4.81. The van der Waals surface area contributed by atoms with Gasteiger partial charge in [-0.25, -0.2) is 15.0 Å². The largest absolute Gasteiger partial charge is 0.433 e. The van der Waals surface area contributed by atoms with Gasteiger partial charge in [-0.2, -0.15) is 18.3 Å². The second-order valence-corrected chi connectivity index (χ2v) is 8.42. The van der Waals surface area contributed by atoms with Gasteiger partial charge in [-0.15, -0.1) is 0 Å². The number of hydrogen-bond acceptors (Lipinski definition) is 5. The molecule has 1 aliphatic rings. The van der Waals surface area contributed by atoms with Gasteiger partial charge in [0.2, 0.25) is 0 Å². The zero-order valence-electron chi connectivity index (χ0n) is 18.2. The molecule has 5 rings (SSSR count). The minimum absolute atomic E-state index is 0.0694. The number of ketones is 1. The van der Waals surface area contributed by atoms with Gasteiger partial charge in [0, 0.05) is 12.1 Å². The topological polar surface area (TPSA) is 73.6 Å². The molecular formula is C24H20F3N5O. The maximum Gasteiger partial charge on any atom is 0.433 e. The van der Waals surface area contributed by atoms with Crippen LogP contribution in [0.3, 0.4) is 0 Å². The molecule has 0 N–H and O–H groups in total. The Labute approximate surface area is 187 Å². The van der Waals surface area contributed by atoms with E-state index in [1.165, 1.54) is 12.3 Å². The van der Waals surface area contributed by atoms with Crippen molar-refractivity contribution in [3.8, 4) is 11.4 Å². The lowest BCUT2D eigenvalue weighted by molar-refractivity contribution is -0.140. The van der Waals surface area contributed by atoms with Crippen molar-refractivity contribution in [1.29, 1.82) is 0 Å². The van der Waals surface area contributed by atoms with Crippen LogP contribution in [0.2, 0.25) is 0 Å². The molecule has 4 aromatic rings. The molecule has 9 heteroatoms. The average molecular weight is 451 g/mol. The Bertz CT molecular complexity index is 1420. The first kappa shape index (κ1) is 21.2. The summed E-state index contributed by atoms with van der Waals surface area (Å²) in [6, 6.07) is 6.16. The fourth-order valence-electron chi connectivity index (χ4n) is 4.48. The number of fused-ring (bicyclic) bond motifs is 2. The van der Waals surface area contributed by atoms with Gasteiger partial charge in [-0.3, -0.25) is 9.48 Å². The first-order chi connectivity index (χ1) is 15.6. The van der Waals surface area contributed by atoms with Crippen molar-refractivity contribution in [2.75, 3.05) is 0 Å². The maximum atomic E-state index is 13.2. The molecule has 1 atom stereocenters. The molecule has 6 nitrogen and oxygen atoms in total. The van der Waals surface area contributed by atoms with Crippen LogP contribution in [0, 0.1) is 20.8 Å². The number of rotatable bonds is 2. The Morgan fingerprint density at radius 2 is 1.76 bits per heavy atom. The number of halogens is 3. The van der Waals surface area contributed by atoms with E-state index in [1.807, 2.05) is 32.9 Å². The molecule has 1 aromatic carbocycles. The lowest BCUT2D eigenvalue weighted by Crippen LogP contribution is -2.26. The van der Waals surface area contributed by atoms with Gasteiger partial charge < -0.3 is 0 Å². The smallest absolute Gasteiger partial charge is 0.292 e. The van der Waals surface area contributed by atoms with Crippen molar-refractivity contribution in [1.82, 2.24) is 24.7 Å². The molecule has 0 saturated carbocycles. The number of hydrogen-bond donors (Lipinski definition) is 0. The normalized spacial score (nSPS) is 16.3. The summed E-state index contributed by atoms with van der Waals surface area (Å²) >= 11 is 0. The lowest BCUT2D eigenvalue weighted by Gasteiger charge is -2.25. The third-order valence-electron chi connectivity index (χ3n) is 6.16. The molecule has 1 aliphatic heterocycles. The fourth-order valence-corrected chi connectivity index (χ4v) is 4.48. The quantitative estimate of drug-likeness (QED) is 0.419. The number of nitrogens with zero attached hydrogens (tertiary/aromatic N) is 5. The summed E-state index contributed by atoms with van der Waals surface area (Å²) in [5.74, 6) is 0.225. The Hall–Kier alpha value is -3.62. The summed E-state index contributed by atoms with van der Waals surface area (Å²) in [4.78, 5) is 25.5. The first-order valence-electron chi connectivity index (χ1n) is 10.5. The second-order valence-electron chi connectivity index (χ2n) is 8.42. The highest BCUT2D eigenvalue weighted by Crippen LogP contribution is 2.35. The number of Topliss-reactive ketones (excluding diaryl/α,β-unsaturated/α-hetero) is 1. The molecule has 1 unspecified atom stereocenters. The number of pyridine rings is 1. The molecular weight excluding hydrogens is 431 g/mol. The van der Waals surface area contributed by atoms with Gasteiger partial charge in [-0.05, 0) is 67.6 Å². The van der Waals surface area contributed by atoms with Crippen LogP contribution >= 0.6 is 0 Å². The number of carbonyl (C=O) groups is 1. The summed E-state index contributed by atoms with van der Waals surface area (Å²) < 4.78 is 40.6. The SMILES string of the molecule is Cc1cc(C2CCn3ncc(C)c3C2=O)c(C)cc1-c1ncc2nc(C(F)(F)F)ccc2n1. The van der Waals surface area contributed by atoms with E-state index in [0.29, 0.717) is 30.0 Å². The Morgan fingerprint density at radius 1 is 0.970 bits per heavy atom. The van der Waals surface area contributed by atoms with Gasteiger partial charge in [0.15, 0.2) is 11.6 Å². The second kappa shape index (κ2) is 7.47. The molecule has 168 valence electrons. The first-order valence-corrected chi connectivity index (χ1v) is 10.5. The predicted molar refractivity (Wildman–Crippen MR) is 116 cm³/mol. The fraction of sp³-hybridized carbons (Fsp3) is 0.292. The van der Waals surface area contributed by atoms with Crippen LogP contribution in [0.1, 0.15) is 50.8 Å². The minimum atomic E-state index is -4.52. The van der Waals surface area contributed by atoms with E-state index in [-0.39, 0.29) is 17.2 Å². The van der Waals surface area contributed by atoms with Crippen LogP contribution in [0.15, 0.2) is 36.7 Å². The monoisotopic (exact) mass is 451 g/mol. The molecule has 0 radical (unpaired) electrons. The zero-order chi connectivity index (χ0) is 23.5. The molecule has 33 heavy (non-hydrogen) atoms. The third kappa shape index (κ3) is 3.57. The van der Waals surface area contributed by atoms with E-state index in [0.717, 1.165) is 33.9 Å². The maximum absolute atomic E-state index is 13.2. The van der Waals surface area contributed by atoms with Crippen LogP contribution in [0.5, 0.6) is 0 Å². The lowest BCUT2D eigenvalue weighted by atomic mass is 9.83. The molecule has 4 heterocycles. The number of alkyl halides is 3. The molecule has 3 aromatic heterocycles. The van der Waals surface area contributed by atoms with E-state index < -0.39 is 11.9 Å². The number of aryl methyl sites for hydroxylation is 4. The highest BCUT2D eigenvalue weighted by Gasteiger charge is 2.33. The molecule has 0 fully saturated rings. The van der Waals surface area contributed by atoms with Crippen LogP contribution in [-0.2, 0) is 12.7 Å². The van der Waals surface area contributed by atoms with Crippen LogP contribution in [-0.4, -0.2) is 30.5 Å². The average Bonchev–Trinajstić information content (AvgIpc) is 3.16. The van der Waals surface area contributed by atoms with Gasteiger partial charge in [-0.1, -0.05) is 6.07 Å². The highest BCUT2D eigenvalue weighted by atomic mass is 19.4. The highest BCUT2D eigenvalue weighted by molar-refractivity contribution is 6.01. The van der Waals surface area contributed by atoms with Gasteiger partial charge in [0.1, 0.15) is 16.9 Å². The van der Waals surface area contributed by atoms with Crippen molar-refractivity contribution in [2.45, 2.75) is 45.8 Å². The van der Waals surface area contributed by atoms with E-state index in [2.05, 4.69) is 20.1 Å². The molecule has 0 spiro atoms. The summed E-state index contributed by atoms with van der Waals surface area (Å²) in [5.41, 5.74) is 4.54. The zero-order valence-corrected chi connectivity index (χ0v) is 18.2. The molecule has 0 aliphatic carbocycles. The summed E-state index contributed by atoms with van der Waals surface area (Å²) in [6.07, 6.45) is -0.819. The molecule has 0 saturated heterocycles. The van der Waals surface area contributed by atoms with Crippen LogP contribution in [0.25, 0.3) is 22.4 Å². The number of aromatic nitrogens is 5. The van der Waals surface area contributed by atoms with Gasteiger partial charge >= 0.3 is 6.18 Å². The number of carbonyl (C=O) groups excluding carboxylic acids is 1. The summed E-state index contributed by atoms with van der Waals surface area (Å²) in [6.45, 7) is 6.44. The molecule has 0 bridgehead atoms. The van der Waals surface area contributed by atoms with E-state index in [1.54, 1.807) is 10.9 Å². The van der Waals surface area contributed by atoms with Crippen LogP contribution < -0.4 is 0 Å². The number of benzene rings is 1. The van der Waals surface area contributed by atoms with E-state index in [9.17, 15) is 18.0 Å². The predicted octanol–water partition coefficient (Wildman–Crippen LogP) is 5.20. The Morgan fingerprint density at radius 3 is 2.52 bits per heavy atom. The minimum Gasteiger partial charge on any atom is -0.292 e. The Balaban J connectivity index is 1.52.